The van der Waals surface area contributed by atoms with Crippen LogP contribution in [0.1, 0.15) is 5.56 Å². The molecule has 78 valence electrons. The van der Waals surface area contributed by atoms with Crippen LogP contribution in [0.5, 0.6) is 0 Å². The Morgan fingerprint density at radius 2 is 2.00 bits per heavy atom. The van der Waals surface area contributed by atoms with Crippen molar-refractivity contribution in [1.29, 1.82) is 0 Å². The van der Waals surface area contributed by atoms with E-state index in [1.807, 2.05) is 47.4 Å². The van der Waals surface area contributed by atoms with Crippen LogP contribution in [0.25, 0.3) is 16.8 Å². The Kier molecular flexibility index (Phi) is 1.96. The van der Waals surface area contributed by atoms with Crippen LogP contribution in [0.15, 0.2) is 48.9 Å². The monoisotopic (exact) mass is 209 g/mol. The van der Waals surface area contributed by atoms with Crippen molar-refractivity contribution in [1.82, 2.24) is 14.6 Å². The first kappa shape index (κ1) is 9.09. The number of rotatable bonds is 1. The zero-order valence-corrected chi connectivity index (χ0v) is 8.96. The molecule has 0 atom stereocenters. The van der Waals surface area contributed by atoms with Crippen molar-refractivity contribution < 1.29 is 0 Å². The van der Waals surface area contributed by atoms with E-state index in [-0.39, 0.29) is 0 Å². The Balaban J connectivity index is 2.34. The van der Waals surface area contributed by atoms with Crippen molar-refractivity contribution in [2.24, 2.45) is 0 Å². The molecule has 3 nitrogen and oxygen atoms in total. The molecule has 3 aromatic heterocycles. The Bertz CT molecular complexity index is 640. The van der Waals surface area contributed by atoms with Crippen molar-refractivity contribution in [2.75, 3.05) is 0 Å². The van der Waals surface area contributed by atoms with Gasteiger partial charge in [0.25, 0.3) is 0 Å². The highest BCUT2D eigenvalue weighted by atomic mass is 15.2. The van der Waals surface area contributed by atoms with Gasteiger partial charge in [-0.25, -0.2) is 4.52 Å². The van der Waals surface area contributed by atoms with Crippen molar-refractivity contribution in [3.63, 3.8) is 0 Å². The largest absolute Gasteiger partial charge is 0.264 e. The fraction of sp³-hybridized carbons (Fsp3) is 0.0769. The minimum Gasteiger partial charge on any atom is -0.264 e. The molecule has 0 unspecified atom stereocenters. The molecule has 3 heterocycles. The molecule has 0 aliphatic carbocycles. The molecule has 0 saturated carbocycles. The molecule has 3 heteroatoms. The number of nitrogens with zero attached hydrogens (tertiary/aromatic N) is 3. The molecule has 0 aromatic carbocycles. The summed E-state index contributed by atoms with van der Waals surface area (Å²) < 4.78 is 1.93. The van der Waals surface area contributed by atoms with Crippen LogP contribution < -0.4 is 0 Å². The first-order chi connectivity index (χ1) is 7.86. The number of hydrogen-bond acceptors (Lipinski definition) is 2. The predicted molar refractivity (Wildman–Crippen MR) is 63.2 cm³/mol. The van der Waals surface area contributed by atoms with E-state index in [2.05, 4.69) is 23.1 Å². The molecule has 3 aromatic rings. The Morgan fingerprint density at radius 1 is 1.06 bits per heavy atom. The van der Waals surface area contributed by atoms with Crippen LogP contribution >= 0.6 is 0 Å². The third-order valence-corrected chi connectivity index (χ3v) is 2.74. The molecule has 0 saturated heterocycles. The normalized spacial score (nSPS) is 10.8. The van der Waals surface area contributed by atoms with Crippen LogP contribution in [0.4, 0.5) is 0 Å². The molecule has 0 amide bonds. The highest BCUT2D eigenvalue weighted by molar-refractivity contribution is 5.66. The van der Waals surface area contributed by atoms with Gasteiger partial charge in [-0.2, -0.15) is 5.10 Å². The number of aryl methyl sites for hydroxylation is 1. The summed E-state index contributed by atoms with van der Waals surface area (Å²) in [7, 11) is 0. The van der Waals surface area contributed by atoms with E-state index in [9.17, 15) is 0 Å². The van der Waals surface area contributed by atoms with Crippen LogP contribution in [0.2, 0.25) is 0 Å². The van der Waals surface area contributed by atoms with Gasteiger partial charge in [0.05, 0.1) is 17.4 Å². The number of fused-ring (bicyclic) bond motifs is 1. The van der Waals surface area contributed by atoms with E-state index < -0.39 is 0 Å². The van der Waals surface area contributed by atoms with Crippen LogP contribution in [0, 0.1) is 6.92 Å². The van der Waals surface area contributed by atoms with Crippen molar-refractivity contribution in [3.8, 4) is 11.3 Å². The molecular formula is C13H11N3. The maximum absolute atomic E-state index is 4.33. The standard InChI is InChI=1S/C13H11N3/c1-10-5-7-14-9-12(10)13-4-2-3-11-6-8-15-16(11)13/h2-9H,1H3. The number of hydrogen-bond donors (Lipinski definition) is 0. The van der Waals surface area contributed by atoms with Crippen molar-refractivity contribution in [3.05, 3.63) is 54.5 Å². The van der Waals surface area contributed by atoms with Gasteiger partial charge in [0.2, 0.25) is 0 Å². The third-order valence-electron chi connectivity index (χ3n) is 2.74. The molecule has 0 fully saturated rings. The van der Waals surface area contributed by atoms with Gasteiger partial charge < -0.3 is 0 Å². The Labute approximate surface area is 93.4 Å². The fourth-order valence-corrected chi connectivity index (χ4v) is 1.89. The maximum atomic E-state index is 4.33. The zero-order chi connectivity index (χ0) is 11.0. The Hall–Kier alpha value is -2.16. The van der Waals surface area contributed by atoms with Crippen molar-refractivity contribution >= 4 is 5.52 Å². The predicted octanol–water partition coefficient (Wildman–Crippen LogP) is 2.70. The van der Waals surface area contributed by atoms with Crippen molar-refractivity contribution in [2.45, 2.75) is 6.92 Å². The molecular weight excluding hydrogens is 198 g/mol. The van der Waals surface area contributed by atoms with Gasteiger partial charge in [0.15, 0.2) is 0 Å². The average Bonchev–Trinajstić information content (AvgIpc) is 2.77. The summed E-state index contributed by atoms with van der Waals surface area (Å²) in [5.74, 6) is 0. The second-order valence-corrected chi connectivity index (χ2v) is 3.77. The smallest absolute Gasteiger partial charge is 0.0743 e. The third kappa shape index (κ3) is 1.29. The van der Waals surface area contributed by atoms with Crippen LogP contribution in [0.3, 0.4) is 0 Å². The lowest BCUT2D eigenvalue weighted by Crippen LogP contribution is -1.95. The molecule has 0 radical (unpaired) electrons. The fourth-order valence-electron chi connectivity index (χ4n) is 1.89. The summed E-state index contributed by atoms with van der Waals surface area (Å²) in [5.41, 5.74) is 4.50. The maximum Gasteiger partial charge on any atom is 0.0743 e. The van der Waals surface area contributed by atoms with Gasteiger partial charge in [0, 0.05) is 18.0 Å². The van der Waals surface area contributed by atoms with Gasteiger partial charge in [-0.3, -0.25) is 4.98 Å². The lowest BCUT2D eigenvalue weighted by molar-refractivity contribution is 0.966. The van der Waals surface area contributed by atoms with Gasteiger partial charge in [-0.1, -0.05) is 6.07 Å². The summed E-state index contributed by atoms with van der Waals surface area (Å²) in [5, 5.41) is 4.33. The molecule has 0 spiro atoms. The molecule has 0 N–H and O–H groups in total. The van der Waals surface area contributed by atoms with E-state index in [1.165, 1.54) is 5.56 Å². The second-order valence-electron chi connectivity index (χ2n) is 3.77. The lowest BCUT2D eigenvalue weighted by Gasteiger charge is -2.07. The lowest BCUT2D eigenvalue weighted by atomic mass is 10.1. The summed E-state index contributed by atoms with van der Waals surface area (Å²) in [6.45, 7) is 2.08. The van der Waals surface area contributed by atoms with Crippen LogP contribution in [-0.4, -0.2) is 14.6 Å². The summed E-state index contributed by atoms with van der Waals surface area (Å²) in [6, 6.07) is 10.2. The van der Waals surface area contributed by atoms with E-state index >= 15 is 0 Å². The minimum atomic E-state index is 1.08. The molecule has 0 aliphatic heterocycles. The summed E-state index contributed by atoms with van der Waals surface area (Å²) in [4.78, 5) is 4.17. The Morgan fingerprint density at radius 3 is 2.88 bits per heavy atom. The van der Waals surface area contributed by atoms with E-state index in [4.69, 9.17) is 0 Å². The van der Waals surface area contributed by atoms with E-state index in [0.717, 1.165) is 16.8 Å². The molecule has 16 heavy (non-hydrogen) atoms. The highest BCUT2D eigenvalue weighted by Gasteiger charge is 2.06. The van der Waals surface area contributed by atoms with Gasteiger partial charge in [-0.15, -0.1) is 0 Å². The molecule has 3 rings (SSSR count). The van der Waals surface area contributed by atoms with E-state index in [1.54, 1.807) is 0 Å². The number of aromatic nitrogens is 3. The first-order valence-corrected chi connectivity index (χ1v) is 5.20. The first-order valence-electron chi connectivity index (χ1n) is 5.20. The van der Waals surface area contributed by atoms with Crippen LogP contribution in [-0.2, 0) is 0 Å². The van der Waals surface area contributed by atoms with E-state index in [0.29, 0.717) is 0 Å². The second kappa shape index (κ2) is 3.45. The number of pyridine rings is 2. The van der Waals surface area contributed by atoms with Gasteiger partial charge >= 0.3 is 0 Å². The SMILES string of the molecule is Cc1ccncc1-c1cccc2ccnn12. The topological polar surface area (TPSA) is 30.2 Å². The molecule has 0 bridgehead atoms. The van der Waals surface area contributed by atoms with Gasteiger partial charge in [-0.05, 0) is 36.8 Å². The highest BCUT2D eigenvalue weighted by Crippen LogP contribution is 2.22. The average molecular weight is 209 g/mol. The quantitative estimate of drug-likeness (QED) is 0.616. The summed E-state index contributed by atoms with van der Waals surface area (Å²) in [6.07, 6.45) is 5.50. The van der Waals surface area contributed by atoms with Gasteiger partial charge in [0.1, 0.15) is 0 Å². The molecule has 0 aliphatic rings. The zero-order valence-electron chi connectivity index (χ0n) is 8.96. The minimum absolute atomic E-state index is 1.08. The summed E-state index contributed by atoms with van der Waals surface area (Å²) >= 11 is 0.